The average Bonchev–Trinajstić information content (AvgIpc) is 2.68. The third kappa shape index (κ3) is 6.00. The molecule has 0 aliphatic carbocycles. The fourth-order valence-corrected chi connectivity index (χ4v) is 2.47. The lowest BCUT2D eigenvalue weighted by Crippen LogP contribution is -2.62. The molecule has 0 bridgehead atoms. The van der Waals surface area contributed by atoms with Gasteiger partial charge in [0, 0.05) is 13.1 Å². The average molecular weight is 400 g/mol. The Morgan fingerprint density at radius 1 is 1.11 bits per heavy atom. The Morgan fingerprint density at radius 2 is 1.74 bits per heavy atom. The van der Waals surface area contributed by atoms with Gasteiger partial charge in [0.2, 0.25) is 0 Å². The number of hydrogen-bond donors (Lipinski definition) is 10. The highest BCUT2D eigenvalue weighted by atomic mass is 16.7. The van der Waals surface area contributed by atoms with E-state index in [0.717, 1.165) is 0 Å². The van der Waals surface area contributed by atoms with E-state index >= 15 is 0 Å². The van der Waals surface area contributed by atoms with Crippen LogP contribution in [0.5, 0.6) is 0 Å². The van der Waals surface area contributed by atoms with Crippen molar-refractivity contribution in [1.82, 2.24) is 5.32 Å². The zero-order valence-electron chi connectivity index (χ0n) is 14.4. The van der Waals surface area contributed by atoms with Crippen molar-refractivity contribution in [3.05, 3.63) is 0 Å². The molecule has 1 rings (SSSR count). The number of ether oxygens (including phenoxy) is 2. The predicted molar refractivity (Wildman–Crippen MR) is 85.8 cm³/mol. The van der Waals surface area contributed by atoms with Gasteiger partial charge in [-0.15, -0.1) is 0 Å². The van der Waals surface area contributed by atoms with Crippen LogP contribution in [0, 0.1) is 0 Å². The summed E-state index contributed by atoms with van der Waals surface area (Å²) < 4.78 is 10.2. The predicted octanol–water partition coefficient (Wildman–Crippen LogP) is -6.68. The van der Waals surface area contributed by atoms with Gasteiger partial charge in [-0.1, -0.05) is 0 Å². The summed E-state index contributed by atoms with van der Waals surface area (Å²) in [6, 6.07) is 0. The van der Waals surface area contributed by atoms with Gasteiger partial charge < -0.3 is 61.4 Å². The third-order valence-electron chi connectivity index (χ3n) is 4.08. The number of nitrogens with one attached hydrogen (secondary N) is 1. The maximum Gasteiger partial charge on any atom is 0.251 e. The van der Waals surface area contributed by atoms with E-state index in [0.29, 0.717) is 0 Å². The monoisotopic (exact) mass is 400 g/mol. The van der Waals surface area contributed by atoms with Crippen molar-refractivity contribution in [2.45, 2.75) is 55.1 Å². The van der Waals surface area contributed by atoms with Gasteiger partial charge in [-0.25, -0.2) is 0 Å². The van der Waals surface area contributed by atoms with E-state index in [2.05, 4.69) is 5.32 Å². The summed E-state index contributed by atoms with van der Waals surface area (Å²) in [6.45, 7) is -1.62. The lowest BCUT2D eigenvalue weighted by molar-refractivity contribution is -0.326. The minimum Gasteiger partial charge on any atom is -0.394 e. The van der Waals surface area contributed by atoms with Gasteiger partial charge in [0.25, 0.3) is 5.91 Å². The molecule has 1 amide bonds. The summed E-state index contributed by atoms with van der Waals surface area (Å²) in [7, 11) is 0. The highest BCUT2D eigenvalue weighted by Crippen LogP contribution is 2.25. The summed E-state index contributed by atoms with van der Waals surface area (Å²) in [4.78, 5) is 11.7. The van der Waals surface area contributed by atoms with Gasteiger partial charge in [-0.05, 0) is 0 Å². The Labute approximate surface area is 154 Å². The largest absolute Gasteiger partial charge is 0.394 e. The second-order valence-corrected chi connectivity index (χ2v) is 6.06. The fourth-order valence-electron chi connectivity index (χ4n) is 2.47. The molecular weight excluding hydrogens is 372 g/mol. The second kappa shape index (κ2) is 11.1. The first-order chi connectivity index (χ1) is 12.7. The van der Waals surface area contributed by atoms with Crippen LogP contribution in [0.25, 0.3) is 0 Å². The van der Waals surface area contributed by atoms with Crippen LogP contribution in [-0.2, 0) is 14.3 Å². The van der Waals surface area contributed by atoms with Crippen LogP contribution in [0.2, 0.25) is 0 Å². The quantitative estimate of drug-likeness (QED) is 0.165. The maximum atomic E-state index is 11.7. The van der Waals surface area contributed by atoms with E-state index < -0.39 is 74.2 Å². The zero-order valence-corrected chi connectivity index (χ0v) is 14.4. The first kappa shape index (κ1) is 24.1. The van der Waals surface area contributed by atoms with Crippen molar-refractivity contribution >= 4 is 5.91 Å². The Bertz CT molecular complexity index is 455. The van der Waals surface area contributed by atoms with Crippen LogP contribution >= 0.6 is 0 Å². The summed E-state index contributed by atoms with van der Waals surface area (Å²) in [5, 5.41) is 79.8. The molecule has 11 N–H and O–H groups in total. The van der Waals surface area contributed by atoms with Gasteiger partial charge in [0.1, 0.15) is 42.7 Å². The number of aliphatic hydroxyl groups is 8. The molecule has 0 radical (unpaired) electrons. The molecule has 1 heterocycles. The van der Waals surface area contributed by atoms with Crippen molar-refractivity contribution in [2.24, 2.45) is 5.73 Å². The fraction of sp³-hybridized carbons (Fsp3) is 0.929. The number of aliphatic hydroxyl groups excluding tert-OH is 8. The summed E-state index contributed by atoms with van der Waals surface area (Å²) >= 11 is 0. The molecule has 0 spiro atoms. The molecule has 0 aromatic heterocycles. The molecule has 0 saturated carbocycles. The van der Waals surface area contributed by atoms with Gasteiger partial charge >= 0.3 is 0 Å². The summed E-state index contributed by atoms with van der Waals surface area (Å²) in [6.07, 6.45) is -16.2. The molecule has 0 unspecified atom stereocenters. The molecule has 1 aliphatic rings. The number of carbonyl (C=O) groups excluding carboxylic acids is 1. The van der Waals surface area contributed by atoms with E-state index in [1.807, 2.05) is 0 Å². The van der Waals surface area contributed by atoms with E-state index in [-0.39, 0.29) is 13.1 Å². The SMILES string of the molecule is NCCNC(=O)[C@H](O)[C@@H](O)[C@H](O[C@H]1O[C@H](CO)[C@@H](O)[C@H](O)[C@H]1O)[C@H](O)CO. The molecule has 27 heavy (non-hydrogen) atoms. The van der Waals surface area contributed by atoms with Crippen molar-refractivity contribution in [3.63, 3.8) is 0 Å². The molecule has 0 aromatic rings. The van der Waals surface area contributed by atoms with Crippen molar-refractivity contribution in [3.8, 4) is 0 Å². The van der Waals surface area contributed by atoms with Gasteiger partial charge in [0.05, 0.1) is 13.2 Å². The van der Waals surface area contributed by atoms with Crippen LogP contribution in [0.4, 0.5) is 0 Å². The normalized spacial score (nSPS) is 33.1. The number of carbonyl (C=O) groups is 1. The minimum atomic E-state index is -2.09. The van der Waals surface area contributed by atoms with E-state index in [4.69, 9.17) is 25.4 Å². The highest BCUT2D eigenvalue weighted by molar-refractivity contribution is 5.81. The maximum absolute atomic E-state index is 11.7. The second-order valence-electron chi connectivity index (χ2n) is 6.06. The number of hydrogen-bond acceptors (Lipinski definition) is 12. The van der Waals surface area contributed by atoms with Crippen molar-refractivity contribution in [1.29, 1.82) is 0 Å². The minimum absolute atomic E-state index is 0.00337. The molecule has 0 aromatic carbocycles. The van der Waals surface area contributed by atoms with Crippen LogP contribution in [0.3, 0.4) is 0 Å². The lowest BCUT2D eigenvalue weighted by Gasteiger charge is -2.42. The molecule has 13 heteroatoms. The number of amides is 1. The van der Waals surface area contributed by atoms with Crippen molar-refractivity contribution < 1.29 is 55.1 Å². The van der Waals surface area contributed by atoms with E-state index in [9.17, 15) is 35.4 Å². The molecule has 1 saturated heterocycles. The van der Waals surface area contributed by atoms with Crippen LogP contribution in [-0.4, -0.2) is 128 Å². The van der Waals surface area contributed by atoms with Gasteiger partial charge in [-0.3, -0.25) is 4.79 Å². The molecule has 160 valence electrons. The molecule has 1 aliphatic heterocycles. The first-order valence-corrected chi connectivity index (χ1v) is 8.28. The topological polar surface area (TPSA) is 235 Å². The molecule has 9 atom stereocenters. The van der Waals surface area contributed by atoms with Gasteiger partial charge in [0.15, 0.2) is 12.4 Å². The van der Waals surface area contributed by atoms with Crippen LogP contribution in [0.15, 0.2) is 0 Å². The van der Waals surface area contributed by atoms with Gasteiger partial charge in [-0.2, -0.15) is 0 Å². The van der Waals surface area contributed by atoms with Crippen LogP contribution < -0.4 is 11.1 Å². The van der Waals surface area contributed by atoms with Crippen LogP contribution in [0.1, 0.15) is 0 Å². The Kier molecular flexibility index (Phi) is 9.92. The first-order valence-electron chi connectivity index (χ1n) is 8.28. The lowest BCUT2D eigenvalue weighted by atomic mass is 9.98. The highest BCUT2D eigenvalue weighted by Gasteiger charge is 2.47. The molecule has 1 fully saturated rings. The third-order valence-corrected chi connectivity index (χ3v) is 4.08. The van der Waals surface area contributed by atoms with E-state index in [1.165, 1.54) is 0 Å². The Hall–Kier alpha value is -0.970. The van der Waals surface area contributed by atoms with Crippen molar-refractivity contribution in [2.75, 3.05) is 26.3 Å². The zero-order chi connectivity index (χ0) is 20.7. The Balaban J connectivity index is 2.92. The standard InChI is InChI=1S/C14H28N2O11/c15-1-2-16-13(25)10(23)9(22)12(5(19)3-17)27-14-11(24)8(21)7(20)6(4-18)26-14/h5-12,14,17-24H,1-4,15H2,(H,16,25)/t5-,6-,7-,8+,9-,10-,11-,12-,14-/m1/s1. The Morgan fingerprint density at radius 3 is 2.26 bits per heavy atom. The molecule has 13 nitrogen and oxygen atoms in total. The smallest absolute Gasteiger partial charge is 0.251 e. The molecular formula is C14H28N2O11. The number of rotatable bonds is 10. The van der Waals surface area contributed by atoms with E-state index in [1.54, 1.807) is 0 Å². The summed E-state index contributed by atoms with van der Waals surface area (Å²) in [5.74, 6) is -1.03. The summed E-state index contributed by atoms with van der Waals surface area (Å²) in [5.41, 5.74) is 5.21. The number of nitrogens with two attached hydrogens (primary N) is 1.